The number of hydrogen-bond donors (Lipinski definition) is 0. The molecule has 0 heterocycles. The molecule has 0 aliphatic heterocycles. The third-order valence-corrected chi connectivity index (χ3v) is 9.65. The molecule has 0 amide bonds. The molecule has 0 spiro atoms. The van der Waals surface area contributed by atoms with E-state index in [9.17, 15) is 0 Å². The zero-order valence-corrected chi connectivity index (χ0v) is 24.7. The first-order valence-electron chi connectivity index (χ1n) is 15.2. The van der Waals surface area contributed by atoms with Gasteiger partial charge in [-0.05, 0) is 94.4 Å². The van der Waals surface area contributed by atoms with Crippen LogP contribution in [0.2, 0.25) is 0 Å². The molecule has 7 aromatic rings. The highest BCUT2D eigenvalue weighted by Gasteiger charge is 2.35. The molecule has 8 rings (SSSR count). The summed E-state index contributed by atoms with van der Waals surface area (Å²) in [7, 11) is 0. The molecule has 0 aromatic heterocycles. The Balaban J connectivity index is 1.46. The second-order valence-electron chi connectivity index (χ2n) is 12.7. The lowest BCUT2D eigenvalue weighted by Crippen LogP contribution is -2.14. The van der Waals surface area contributed by atoms with Gasteiger partial charge in [-0.25, -0.2) is 0 Å². The van der Waals surface area contributed by atoms with E-state index >= 15 is 0 Å². The Hall–Kier alpha value is -4.68. The monoisotopic (exact) mass is 538 g/mol. The topological polar surface area (TPSA) is 0 Å². The van der Waals surface area contributed by atoms with Gasteiger partial charge in [0.15, 0.2) is 0 Å². The summed E-state index contributed by atoms with van der Waals surface area (Å²) in [4.78, 5) is 0. The first kappa shape index (κ1) is 25.1. The average Bonchev–Trinajstić information content (AvgIpc) is 3.25. The fourth-order valence-electron chi connectivity index (χ4n) is 7.63. The molecule has 0 N–H and O–H groups in total. The van der Waals surface area contributed by atoms with E-state index in [1.165, 1.54) is 82.4 Å². The lowest BCUT2D eigenvalue weighted by atomic mass is 9.80. The second kappa shape index (κ2) is 9.16. The van der Waals surface area contributed by atoms with E-state index in [4.69, 9.17) is 0 Å². The molecule has 0 fully saturated rings. The van der Waals surface area contributed by atoms with Gasteiger partial charge in [-0.3, -0.25) is 0 Å². The van der Waals surface area contributed by atoms with E-state index in [0.29, 0.717) is 5.92 Å². The van der Waals surface area contributed by atoms with Crippen LogP contribution in [-0.4, -0.2) is 0 Å². The highest BCUT2D eigenvalue weighted by molar-refractivity contribution is 6.23. The Morgan fingerprint density at radius 2 is 0.929 bits per heavy atom. The Morgan fingerprint density at radius 3 is 1.57 bits per heavy atom. The van der Waals surface area contributed by atoms with Gasteiger partial charge in [0.1, 0.15) is 0 Å². The van der Waals surface area contributed by atoms with Gasteiger partial charge in [0, 0.05) is 5.41 Å². The maximum absolute atomic E-state index is 2.47. The van der Waals surface area contributed by atoms with Crippen molar-refractivity contribution in [1.82, 2.24) is 0 Å². The molecule has 0 atom stereocenters. The summed E-state index contributed by atoms with van der Waals surface area (Å²) in [6, 6.07) is 47.8. The third-order valence-electron chi connectivity index (χ3n) is 9.65. The molecule has 0 saturated heterocycles. The zero-order chi connectivity index (χ0) is 28.6. The fraction of sp³-hybridized carbons (Fsp3) is 0.143. The van der Waals surface area contributed by atoms with E-state index in [-0.39, 0.29) is 5.41 Å². The van der Waals surface area contributed by atoms with Crippen molar-refractivity contribution in [3.05, 3.63) is 144 Å². The van der Waals surface area contributed by atoms with Gasteiger partial charge in [0.2, 0.25) is 0 Å². The SMILES string of the molecule is CC(C)c1ccc(-c2c3ccccc3c(-c3ccc4c(c3)C(C)(C)c3ccccc3-4)c3ccccc23)c2ccccc12. The Labute approximate surface area is 248 Å². The van der Waals surface area contributed by atoms with Gasteiger partial charge < -0.3 is 0 Å². The van der Waals surface area contributed by atoms with Gasteiger partial charge in [-0.1, -0.05) is 149 Å². The van der Waals surface area contributed by atoms with Gasteiger partial charge in [-0.2, -0.15) is 0 Å². The van der Waals surface area contributed by atoms with Crippen LogP contribution >= 0.6 is 0 Å². The molecule has 0 radical (unpaired) electrons. The third kappa shape index (κ3) is 3.48. The van der Waals surface area contributed by atoms with Crippen molar-refractivity contribution in [3.63, 3.8) is 0 Å². The molecule has 0 saturated carbocycles. The summed E-state index contributed by atoms with van der Waals surface area (Å²) in [5.74, 6) is 0.468. The second-order valence-corrected chi connectivity index (χ2v) is 12.7. The number of fused-ring (bicyclic) bond motifs is 6. The summed E-state index contributed by atoms with van der Waals surface area (Å²) in [6.45, 7) is 9.31. The van der Waals surface area contributed by atoms with Crippen LogP contribution in [0.15, 0.2) is 127 Å². The van der Waals surface area contributed by atoms with Crippen molar-refractivity contribution in [2.24, 2.45) is 0 Å². The minimum Gasteiger partial charge on any atom is -0.0619 e. The van der Waals surface area contributed by atoms with Gasteiger partial charge in [0.05, 0.1) is 0 Å². The van der Waals surface area contributed by atoms with E-state index < -0.39 is 0 Å². The molecule has 1 aliphatic carbocycles. The number of benzene rings is 7. The van der Waals surface area contributed by atoms with Crippen LogP contribution in [0.3, 0.4) is 0 Å². The molecule has 0 unspecified atom stereocenters. The zero-order valence-electron chi connectivity index (χ0n) is 24.7. The van der Waals surface area contributed by atoms with Crippen molar-refractivity contribution >= 4 is 32.3 Å². The minimum atomic E-state index is -0.0371. The van der Waals surface area contributed by atoms with Gasteiger partial charge in [-0.15, -0.1) is 0 Å². The van der Waals surface area contributed by atoms with Crippen LogP contribution in [0.25, 0.3) is 65.7 Å². The van der Waals surface area contributed by atoms with E-state index in [1.807, 2.05) is 0 Å². The maximum Gasteiger partial charge on any atom is 0.0159 e. The van der Waals surface area contributed by atoms with Crippen LogP contribution in [0.1, 0.15) is 50.3 Å². The first-order chi connectivity index (χ1) is 20.4. The van der Waals surface area contributed by atoms with Crippen molar-refractivity contribution in [3.8, 4) is 33.4 Å². The number of hydrogen-bond acceptors (Lipinski definition) is 0. The normalized spacial score (nSPS) is 13.6. The maximum atomic E-state index is 2.47. The van der Waals surface area contributed by atoms with Crippen molar-refractivity contribution in [2.45, 2.75) is 39.0 Å². The van der Waals surface area contributed by atoms with E-state index in [0.717, 1.165) is 0 Å². The molecular weight excluding hydrogens is 504 g/mol. The highest BCUT2D eigenvalue weighted by atomic mass is 14.4. The molecule has 202 valence electrons. The highest BCUT2D eigenvalue weighted by Crippen LogP contribution is 2.51. The van der Waals surface area contributed by atoms with E-state index in [1.54, 1.807) is 0 Å². The largest absolute Gasteiger partial charge is 0.0619 e. The van der Waals surface area contributed by atoms with Crippen LogP contribution < -0.4 is 0 Å². The molecule has 0 nitrogen and oxygen atoms in total. The Morgan fingerprint density at radius 1 is 0.429 bits per heavy atom. The fourth-order valence-corrected chi connectivity index (χ4v) is 7.63. The molecular formula is C42H34. The smallest absolute Gasteiger partial charge is 0.0159 e. The van der Waals surface area contributed by atoms with Crippen LogP contribution in [-0.2, 0) is 5.41 Å². The summed E-state index contributed by atoms with van der Waals surface area (Å²) in [6.07, 6.45) is 0. The quantitative estimate of drug-likeness (QED) is 0.196. The van der Waals surface area contributed by atoms with Gasteiger partial charge in [0.25, 0.3) is 0 Å². The van der Waals surface area contributed by atoms with Crippen molar-refractivity contribution < 1.29 is 0 Å². The molecule has 7 aromatic carbocycles. The first-order valence-corrected chi connectivity index (χ1v) is 15.2. The average molecular weight is 539 g/mol. The molecule has 42 heavy (non-hydrogen) atoms. The lowest BCUT2D eigenvalue weighted by Gasteiger charge is -2.23. The lowest BCUT2D eigenvalue weighted by molar-refractivity contribution is 0.660. The van der Waals surface area contributed by atoms with Crippen LogP contribution in [0.4, 0.5) is 0 Å². The Kier molecular flexibility index (Phi) is 5.47. The number of rotatable bonds is 3. The summed E-state index contributed by atoms with van der Waals surface area (Å²) in [5, 5.41) is 7.88. The summed E-state index contributed by atoms with van der Waals surface area (Å²) in [5.41, 5.74) is 12.2. The van der Waals surface area contributed by atoms with Crippen molar-refractivity contribution in [2.75, 3.05) is 0 Å². The minimum absolute atomic E-state index is 0.0371. The predicted octanol–water partition coefficient (Wildman–Crippen LogP) is 11.9. The summed E-state index contributed by atoms with van der Waals surface area (Å²) >= 11 is 0. The van der Waals surface area contributed by atoms with Crippen LogP contribution in [0.5, 0.6) is 0 Å². The predicted molar refractivity (Wildman–Crippen MR) is 181 cm³/mol. The molecule has 0 heteroatoms. The van der Waals surface area contributed by atoms with Crippen molar-refractivity contribution in [1.29, 1.82) is 0 Å². The Bertz CT molecular complexity index is 2130. The molecule has 0 bridgehead atoms. The van der Waals surface area contributed by atoms with E-state index in [2.05, 4.69) is 155 Å². The van der Waals surface area contributed by atoms with Crippen LogP contribution in [0, 0.1) is 0 Å². The summed E-state index contributed by atoms with van der Waals surface area (Å²) < 4.78 is 0. The van der Waals surface area contributed by atoms with Gasteiger partial charge >= 0.3 is 0 Å². The standard InChI is InChI=1S/C42H34/c1-26(2)28-23-24-37(30-14-6-5-13-29(28)30)41-35-18-9-7-16-33(35)40(34-17-8-10-19-36(34)41)27-21-22-32-31-15-11-12-20-38(31)42(3,4)39(32)25-27/h5-26H,1-4H3. The molecule has 1 aliphatic rings.